The molecule has 0 bridgehead atoms. The number of hydrogen-bond acceptors (Lipinski definition) is 7. The lowest BCUT2D eigenvalue weighted by molar-refractivity contribution is 0.395. The third-order valence-corrected chi connectivity index (χ3v) is 4.63. The van der Waals surface area contributed by atoms with Crippen LogP contribution in [0.5, 0.6) is 11.5 Å². The van der Waals surface area contributed by atoms with Crippen LogP contribution in [0.4, 0.5) is 17.5 Å². The molecule has 2 aromatic heterocycles. The van der Waals surface area contributed by atoms with Crippen molar-refractivity contribution in [3.63, 3.8) is 0 Å². The Balaban J connectivity index is 1.66. The van der Waals surface area contributed by atoms with Gasteiger partial charge < -0.3 is 25.1 Å². The van der Waals surface area contributed by atoms with E-state index in [0.29, 0.717) is 23.4 Å². The molecule has 3 aromatic rings. The largest absolute Gasteiger partial charge is 0.497 e. The summed E-state index contributed by atoms with van der Waals surface area (Å²) in [6.07, 6.45) is 6.45. The number of H-pyrrole nitrogens is 1. The first-order valence-corrected chi connectivity index (χ1v) is 8.73. The predicted molar refractivity (Wildman–Crippen MR) is 100 cm³/mol. The Kier molecular flexibility index (Phi) is 4.47. The van der Waals surface area contributed by atoms with E-state index in [1.807, 2.05) is 18.2 Å². The van der Waals surface area contributed by atoms with Crippen molar-refractivity contribution in [2.24, 2.45) is 0 Å². The van der Waals surface area contributed by atoms with Crippen molar-refractivity contribution >= 4 is 28.6 Å². The lowest BCUT2D eigenvalue weighted by Gasteiger charge is -2.15. The molecule has 1 aliphatic rings. The van der Waals surface area contributed by atoms with Crippen LogP contribution in [0.1, 0.15) is 25.7 Å². The summed E-state index contributed by atoms with van der Waals surface area (Å²) in [6.45, 7) is 0. The van der Waals surface area contributed by atoms with Gasteiger partial charge in [-0.15, -0.1) is 0 Å². The molecule has 1 aliphatic carbocycles. The smallest absolute Gasteiger partial charge is 0.231 e. The molecule has 136 valence electrons. The number of imidazole rings is 1. The highest BCUT2D eigenvalue weighted by atomic mass is 16.5. The van der Waals surface area contributed by atoms with E-state index in [2.05, 4.69) is 30.6 Å². The zero-order chi connectivity index (χ0) is 17.9. The highest BCUT2D eigenvalue weighted by molar-refractivity contribution is 5.84. The summed E-state index contributed by atoms with van der Waals surface area (Å²) in [4.78, 5) is 16.6. The van der Waals surface area contributed by atoms with Crippen LogP contribution in [0.15, 0.2) is 24.5 Å². The Bertz CT molecular complexity index is 904. The third kappa shape index (κ3) is 3.22. The zero-order valence-corrected chi connectivity index (χ0v) is 14.9. The first-order chi connectivity index (χ1) is 12.8. The van der Waals surface area contributed by atoms with Gasteiger partial charge in [0, 0.05) is 12.1 Å². The molecule has 8 nitrogen and oxygen atoms in total. The minimum atomic E-state index is 0.438. The fraction of sp³-hybridized carbons (Fsp3) is 0.389. The number of benzene rings is 1. The van der Waals surface area contributed by atoms with Crippen molar-refractivity contribution in [3.05, 3.63) is 24.5 Å². The molecule has 0 radical (unpaired) electrons. The van der Waals surface area contributed by atoms with Crippen LogP contribution in [0.3, 0.4) is 0 Å². The molecule has 1 saturated carbocycles. The molecule has 8 heteroatoms. The van der Waals surface area contributed by atoms with E-state index >= 15 is 0 Å². The second-order valence-electron chi connectivity index (χ2n) is 6.31. The molecule has 3 N–H and O–H groups in total. The number of ether oxygens (including phenoxy) is 2. The highest BCUT2D eigenvalue weighted by Gasteiger charge is 2.18. The number of methoxy groups -OCH3 is 2. The van der Waals surface area contributed by atoms with Gasteiger partial charge in [-0.25, -0.2) is 4.98 Å². The monoisotopic (exact) mass is 354 g/mol. The lowest BCUT2D eigenvalue weighted by atomic mass is 10.2. The van der Waals surface area contributed by atoms with Gasteiger partial charge in [0.15, 0.2) is 11.5 Å². The van der Waals surface area contributed by atoms with Crippen molar-refractivity contribution in [2.45, 2.75) is 31.7 Å². The summed E-state index contributed by atoms with van der Waals surface area (Å²) in [6, 6.07) is 5.99. The van der Waals surface area contributed by atoms with Crippen LogP contribution >= 0.6 is 0 Å². The zero-order valence-electron chi connectivity index (χ0n) is 14.9. The third-order valence-electron chi connectivity index (χ3n) is 4.63. The van der Waals surface area contributed by atoms with E-state index in [9.17, 15) is 0 Å². The minimum absolute atomic E-state index is 0.438. The van der Waals surface area contributed by atoms with Crippen molar-refractivity contribution in [2.75, 3.05) is 24.9 Å². The second-order valence-corrected chi connectivity index (χ2v) is 6.31. The molecule has 0 spiro atoms. The number of anilines is 3. The van der Waals surface area contributed by atoms with Gasteiger partial charge in [-0.2, -0.15) is 9.97 Å². The Labute approximate surface area is 151 Å². The molecule has 1 aromatic carbocycles. The molecule has 0 amide bonds. The fourth-order valence-corrected chi connectivity index (χ4v) is 3.28. The number of rotatable bonds is 6. The van der Waals surface area contributed by atoms with Crippen molar-refractivity contribution < 1.29 is 9.47 Å². The van der Waals surface area contributed by atoms with Gasteiger partial charge in [0.1, 0.15) is 17.0 Å². The van der Waals surface area contributed by atoms with Crippen LogP contribution in [0, 0.1) is 0 Å². The quantitative estimate of drug-likeness (QED) is 0.623. The van der Waals surface area contributed by atoms with Gasteiger partial charge in [-0.3, -0.25) is 0 Å². The lowest BCUT2D eigenvalue weighted by Crippen LogP contribution is -2.16. The molecule has 0 atom stereocenters. The van der Waals surface area contributed by atoms with E-state index in [0.717, 1.165) is 35.6 Å². The molecular formula is C18H22N6O2. The van der Waals surface area contributed by atoms with Gasteiger partial charge in [-0.1, -0.05) is 12.8 Å². The van der Waals surface area contributed by atoms with Gasteiger partial charge in [0.05, 0.1) is 26.2 Å². The summed E-state index contributed by atoms with van der Waals surface area (Å²) >= 11 is 0. The highest BCUT2D eigenvalue weighted by Crippen LogP contribution is 2.32. The van der Waals surface area contributed by atoms with Gasteiger partial charge in [-0.05, 0) is 25.0 Å². The minimum Gasteiger partial charge on any atom is -0.497 e. The topological polar surface area (TPSA) is 97.0 Å². The SMILES string of the molecule is COc1ccc(Nc2nc(NC3CCCC3)c3nc[nH]c3n2)c(OC)c1. The maximum atomic E-state index is 5.44. The number of nitrogens with one attached hydrogen (secondary N) is 3. The van der Waals surface area contributed by atoms with E-state index in [1.165, 1.54) is 12.8 Å². The molecule has 0 aliphatic heterocycles. The fourth-order valence-electron chi connectivity index (χ4n) is 3.28. The Morgan fingerprint density at radius 1 is 1.12 bits per heavy atom. The summed E-state index contributed by atoms with van der Waals surface area (Å²) in [5.41, 5.74) is 2.21. The number of aromatic nitrogens is 4. The van der Waals surface area contributed by atoms with Crippen LogP contribution in [0.2, 0.25) is 0 Å². The number of hydrogen-bond donors (Lipinski definition) is 3. The van der Waals surface area contributed by atoms with E-state index < -0.39 is 0 Å². The molecule has 0 unspecified atom stereocenters. The summed E-state index contributed by atoms with van der Waals surface area (Å²) in [5.74, 6) is 2.60. The maximum absolute atomic E-state index is 5.44. The van der Waals surface area contributed by atoms with Crippen molar-refractivity contribution in [1.29, 1.82) is 0 Å². The van der Waals surface area contributed by atoms with Crippen LogP contribution in [-0.2, 0) is 0 Å². The predicted octanol–water partition coefficient (Wildman–Crippen LogP) is 3.47. The van der Waals surface area contributed by atoms with Crippen molar-refractivity contribution in [1.82, 2.24) is 19.9 Å². The number of fused-ring (bicyclic) bond motifs is 1. The molecule has 1 fully saturated rings. The average molecular weight is 354 g/mol. The average Bonchev–Trinajstić information content (AvgIpc) is 3.33. The Hall–Kier alpha value is -3.03. The van der Waals surface area contributed by atoms with Gasteiger partial charge in [0.25, 0.3) is 0 Å². The molecular weight excluding hydrogens is 332 g/mol. The first-order valence-electron chi connectivity index (χ1n) is 8.73. The van der Waals surface area contributed by atoms with Gasteiger partial charge in [0.2, 0.25) is 5.95 Å². The van der Waals surface area contributed by atoms with Crippen LogP contribution in [0.25, 0.3) is 11.2 Å². The molecule has 0 saturated heterocycles. The number of nitrogens with zero attached hydrogens (tertiary/aromatic N) is 3. The summed E-state index contributed by atoms with van der Waals surface area (Å²) < 4.78 is 10.7. The number of aromatic amines is 1. The normalized spacial score (nSPS) is 14.5. The summed E-state index contributed by atoms with van der Waals surface area (Å²) in [7, 11) is 3.24. The first kappa shape index (κ1) is 16.4. The van der Waals surface area contributed by atoms with Crippen molar-refractivity contribution in [3.8, 4) is 11.5 Å². The second kappa shape index (κ2) is 7.07. The van der Waals surface area contributed by atoms with Crippen LogP contribution in [-0.4, -0.2) is 40.2 Å². The van der Waals surface area contributed by atoms with Gasteiger partial charge >= 0.3 is 0 Å². The maximum Gasteiger partial charge on any atom is 0.231 e. The van der Waals surface area contributed by atoms with E-state index in [4.69, 9.17) is 9.47 Å². The Morgan fingerprint density at radius 3 is 2.73 bits per heavy atom. The standard InChI is InChI=1S/C18H22N6O2/c1-25-12-7-8-13(14(9-12)26-2)22-18-23-16-15(19-10-20-16)17(24-18)21-11-5-3-4-6-11/h7-11H,3-6H2,1-2H3,(H3,19,20,21,22,23,24). The molecule has 4 rings (SSSR count). The van der Waals surface area contributed by atoms with Crippen LogP contribution < -0.4 is 20.1 Å². The van der Waals surface area contributed by atoms with E-state index in [1.54, 1.807) is 20.5 Å². The molecule has 26 heavy (non-hydrogen) atoms. The Morgan fingerprint density at radius 2 is 1.96 bits per heavy atom. The van der Waals surface area contributed by atoms with E-state index in [-0.39, 0.29) is 0 Å². The summed E-state index contributed by atoms with van der Waals surface area (Å²) in [5, 5.41) is 6.75. The molecule has 2 heterocycles.